The highest BCUT2D eigenvalue weighted by molar-refractivity contribution is 6.05. The predicted octanol–water partition coefficient (Wildman–Crippen LogP) is 3.88. The minimum Gasteiger partial charge on any atom is -0.454 e. The smallest absolute Gasteiger partial charge is 0.255 e. The predicted molar refractivity (Wildman–Crippen MR) is 109 cm³/mol. The van der Waals surface area contributed by atoms with Crippen LogP contribution in [-0.4, -0.2) is 23.5 Å². The number of carbonyl (C=O) groups is 2. The molecule has 2 aromatic carbocycles. The zero-order chi connectivity index (χ0) is 20.2. The van der Waals surface area contributed by atoms with Gasteiger partial charge in [-0.25, -0.2) is 4.98 Å². The molecule has 2 heterocycles. The molecular weight excluding hydrogens is 370 g/mol. The lowest BCUT2D eigenvalue weighted by Gasteiger charge is -2.09. The second kappa shape index (κ2) is 8.02. The largest absolute Gasteiger partial charge is 0.454 e. The van der Waals surface area contributed by atoms with Gasteiger partial charge in [-0.2, -0.15) is 0 Å². The van der Waals surface area contributed by atoms with Crippen LogP contribution in [0.15, 0.2) is 60.8 Å². The highest BCUT2D eigenvalue weighted by Gasteiger charge is 2.13. The van der Waals surface area contributed by atoms with Crippen LogP contribution in [0.5, 0.6) is 11.5 Å². The Morgan fingerprint density at radius 2 is 1.76 bits per heavy atom. The van der Waals surface area contributed by atoms with Gasteiger partial charge in [-0.1, -0.05) is 6.07 Å². The van der Waals surface area contributed by atoms with Crippen LogP contribution < -0.4 is 20.1 Å². The molecule has 0 radical (unpaired) electrons. The number of ether oxygens (including phenoxy) is 2. The van der Waals surface area contributed by atoms with Crippen LogP contribution in [0.3, 0.4) is 0 Å². The van der Waals surface area contributed by atoms with Crippen molar-refractivity contribution in [2.75, 3.05) is 17.4 Å². The Hall–Kier alpha value is -3.87. The Morgan fingerprint density at radius 3 is 2.55 bits per heavy atom. The second-order valence-corrected chi connectivity index (χ2v) is 6.56. The number of nitrogens with zero attached hydrogens (tertiary/aromatic N) is 1. The molecule has 29 heavy (non-hydrogen) atoms. The number of aromatic nitrogens is 1. The van der Waals surface area contributed by atoms with Gasteiger partial charge in [0.05, 0.1) is 0 Å². The van der Waals surface area contributed by atoms with Crippen LogP contribution in [0.4, 0.5) is 11.5 Å². The first-order valence-corrected chi connectivity index (χ1v) is 9.09. The zero-order valence-electron chi connectivity index (χ0n) is 15.8. The molecule has 146 valence electrons. The van der Waals surface area contributed by atoms with E-state index in [1.165, 1.54) is 6.92 Å². The van der Waals surface area contributed by atoms with E-state index in [0.717, 1.165) is 17.1 Å². The van der Waals surface area contributed by atoms with Crippen LogP contribution >= 0.6 is 0 Å². The number of amides is 1. The number of hydrogen-bond acceptors (Lipinski definition) is 6. The number of rotatable bonds is 6. The van der Waals surface area contributed by atoms with Gasteiger partial charge in [0, 0.05) is 29.6 Å². The van der Waals surface area contributed by atoms with Gasteiger partial charge in [0.2, 0.25) is 6.79 Å². The number of fused-ring (bicyclic) bond motifs is 1. The first-order chi connectivity index (χ1) is 14.1. The van der Waals surface area contributed by atoms with Crippen molar-refractivity contribution in [2.24, 2.45) is 0 Å². The number of hydrogen-bond donors (Lipinski definition) is 2. The third-order valence-electron chi connectivity index (χ3n) is 4.48. The number of pyridine rings is 1. The zero-order valence-corrected chi connectivity index (χ0v) is 15.8. The van der Waals surface area contributed by atoms with Crippen molar-refractivity contribution in [1.29, 1.82) is 0 Å². The van der Waals surface area contributed by atoms with E-state index in [9.17, 15) is 9.59 Å². The van der Waals surface area contributed by atoms with Gasteiger partial charge >= 0.3 is 0 Å². The van der Waals surface area contributed by atoms with Crippen molar-refractivity contribution < 1.29 is 19.1 Å². The van der Waals surface area contributed by atoms with Crippen molar-refractivity contribution in [3.63, 3.8) is 0 Å². The number of Topliss-reactive ketones (excluding diaryl/α,β-unsaturated/α-hetero) is 1. The Labute approximate surface area is 167 Å². The average Bonchev–Trinajstić information content (AvgIpc) is 3.21. The molecule has 0 aliphatic carbocycles. The Bertz CT molecular complexity index is 1060. The normalized spacial score (nSPS) is 11.8. The SMILES string of the molecule is CC(=O)c1ccc(NC(=O)c2ccnc(NCc3ccc4c(c3)OCO4)c2)cc1. The second-order valence-electron chi connectivity index (χ2n) is 6.56. The van der Waals surface area contributed by atoms with Gasteiger partial charge < -0.3 is 20.1 Å². The van der Waals surface area contributed by atoms with E-state index in [0.29, 0.717) is 29.2 Å². The topological polar surface area (TPSA) is 89.6 Å². The molecule has 7 nitrogen and oxygen atoms in total. The average molecular weight is 389 g/mol. The molecule has 4 rings (SSSR count). The summed E-state index contributed by atoms with van der Waals surface area (Å²) >= 11 is 0. The minimum absolute atomic E-state index is 0.0183. The quantitative estimate of drug-likeness (QED) is 0.622. The highest BCUT2D eigenvalue weighted by Crippen LogP contribution is 2.32. The van der Waals surface area contributed by atoms with E-state index < -0.39 is 0 Å². The molecule has 2 N–H and O–H groups in total. The lowest BCUT2D eigenvalue weighted by atomic mass is 10.1. The molecule has 1 aliphatic heterocycles. The molecule has 1 aliphatic rings. The molecule has 1 aromatic heterocycles. The molecule has 3 aromatic rings. The number of benzene rings is 2. The summed E-state index contributed by atoms with van der Waals surface area (Å²) in [7, 11) is 0. The van der Waals surface area contributed by atoms with Gasteiger partial charge in [-0.15, -0.1) is 0 Å². The van der Waals surface area contributed by atoms with E-state index in [2.05, 4.69) is 15.6 Å². The van der Waals surface area contributed by atoms with Crippen LogP contribution in [-0.2, 0) is 6.54 Å². The number of ketones is 1. The molecule has 0 saturated heterocycles. The third kappa shape index (κ3) is 4.35. The summed E-state index contributed by atoms with van der Waals surface area (Å²) in [6.45, 7) is 2.27. The first-order valence-electron chi connectivity index (χ1n) is 9.09. The van der Waals surface area contributed by atoms with Gasteiger partial charge in [-0.3, -0.25) is 9.59 Å². The molecule has 0 bridgehead atoms. The van der Waals surface area contributed by atoms with Crippen molar-refractivity contribution in [3.8, 4) is 11.5 Å². The van der Waals surface area contributed by atoms with Gasteiger partial charge in [-0.05, 0) is 61.0 Å². The van der Waals surface area contributed by atoms with Crippen molar-refractivity contribution >= 4 is 23.2 Å². The van der Waals surface area contributed by atoms with Gasteiger partial charge in [0.25, 0.3) is 5.91 Å². The van der Waals surface area contributed by atoms with Crippen LogP contribution in [0.2, 0.25) is 0 Å². The fourth-order valence-corrected chi connectivity index (χ4v) is 2.90. The summed E-state index contributed by atoms with van der Waals surface area (Å²) in [5.74, 6) is 1.77. The standard InChI is InChI=1S/C22H19N3O4/c1-14(26)16-3-5-18(6-4-16)25-22(27)17-8-9-23-21(11-17)24-12-15-2-7-19-20(10-15)29-13-28-19/h2-11H,12-13H2,1H3,(H,23,24)(H,25,27). The lowest BCUT2D eigenvalue weighted by molar-refractivity contribution is 0.101. The van der Waals surface area contributed by atoms with E-state index in [1.54, 1.807) is 42.6 Å². The maximum absolute atomic E-state index is 12.5. The fourth-order valence-electron chi connectivity index (χ4n) is 2.90. The summed E-state index contributed by atoms with van der Waals surface area (Å²) < 4.78 is 10.7. The molecule has 7 heteroatoms. The maximum atomic E-state index is 12.5. The monoisotopic (exact) mass is 389 g/mol. The van der Waals surface area contributed by atoms with E-state index in [1.807, 2.05) is 18.2 Å². The van der Waals surface area contributed by atoms with E-state index >= 15 is 0 Å². The number of anilines is 2. The summed E-state index contributed by atoms with van der Waals surface area (Å²) in [4.78, 5) is 28.1. The van der Waals surface area contributed by atoms with Crippen LogP contribution in [0.1, 0.15) is 33.2 Å². The van der Waals surface area contributed by atoms with Gasteiger partial charge in [0.1, 0.15) is 5.82 Å². The summed E-state index contributed by atoms with van der Waals surface area (Å²) in [6, 6.07) is 15.8. The summed E-state index contributed by atoms with van der Waals surface area (Å²) in [5.41, 5.74) is 2.70. The summed E-state index contributed by atoms with van der Waals surface area (Å²) in [5, 5.41) is 6.02. The summed E-state index contributed by atoms with van der Waals surface area (Å²) in [6.07, 6.45) is 1.58. The maximum Gasteiger partial charge on any atom is 0.255 e. The van der Waals surface area contributed by atoms with Crippen LogP contribution in [0, 0.1) is 0 Å². The van der Waals surface area contributed by atoms with Gasteiger partial charge in [0.15, 0.2) is 17.3 Å². The molecule has 0 saturated carbocycles. The van der Waals surface area contributed by atoms with E-state index in [-0.39, 0.29) is 18.5 Å². The van der Waals surface area contributed by atoms with Crippen molar-refractivity contribution in [3.05, 3.63) is 77.5 Å². The van der Waals surface area contributed by atoms with E-state index in [4.69, 9.17) is 9.47 Å². The third-order valence-corrected chi connectivity index (χ3v) is 4.48. The lowest BCUT2D eigenvalue weighted by Crippen LogP contribution is -2.13. The minimum atomic E-state index is -0.255. The molecule has 0 fully saturated rings. The Balaban J connectivity index is 1.40. The Kier molecular flexibility index (Phi) is 5.11. The van der Waals surface area contributed by atoms with Crippen molar-refractivity contribution in [1.82, 2.24) is 4.98 Å². The molecule has 0 spiro atoms. The molecule has 1 amide bonds. The first kappa shape index (κ1) is 18.5. The molecular formula is C22H19N3O4. The Morgan fingerprint density at radius 1 is 0.966 bits per heavy atom. The van der Waals surface area contributed by atoms with Crippen molar-refractivity contribution in [2.45, 2.75) is 13.5 Å². The molecule has 0 atom stereocenters. The number of carbonyl (C=O) groups excluding carboxylic acids is 2. The number of nitrogens with one attached hydrogen (secondary N) is 2. The van der Waals surface area contributed by atoms with Crippen LogP contribution in [0.25, 0.3) is 0 Å². The molecule has 0 unspecified atom stereocenters. The fraction of sp³-hybridized carbons (Fsp3) is 0.136. The highest BCUT2D eigenvalue weighted by atomic mass is 16.7.